The number of aromatic nitrogens is 2. The van der Waals surface area contributed by atoms with E-state index < -0.39 is 0 Å². The van der Waals surface area contributed by atoms with Crippen LogP contribution in [0.3, 0.4) is 0 Å². The maximum atomic E-state index is 8.95. The first-order chi connectivity index (χ1) is 11.3. The molecule has 0 aliphatic heterocycles. The SMILES string of the molecule is Cn1cncc1C(OCc1ccccc1)c1ccc(C#N)cc1. The third-order valence-corrected chi connectivity index (χ3v) is 3.72. The van der Waals surface area contributed by atoms with E-state index in [9.17, 15) is 0 Å². The van der Waals surface area contributed by atoms with Gasteiger partial charge in [-0.1, -0.05) is 42.5 Å². The summed E-state index contributed by atoms with van der Waals surface area (Å²) in [6.07, 6.45) is 3.35. The first-order valence-electron chi connectivity index (χ1n) is 7.40. The fourth-order valence-electron chi connectivity index (χ4n) is 2.46. The molecule has 2 aromatic carbocycles. The molecule has 4 heteroatoms. The van der Waals surface area contributed by atoms with Crippen molar-refractivity contribution < 1.29 is 4.74 Å². The minimum atomic E-state index is -0.226. The van der Waals surface area contributed by atoms with Crippen molar-refractivity contribution in [3.8, 4) is 6.07 Å². The van der Waals surface area contributed by atoms with Gasteiger partial charge in [0.1, 0.15) is 6.10 Å². The first-order valence-corrected chi connectivity index (χ1v) is 7.40. The van der Waals surface area contributed by atoms with E-state index in [-0.39, 0.29) is 6.10 Å². The van der Waals surface area contributed by atoms with Crippen LogP contribution < -0.4 is 0 Å². The van der Waals surface area contributed by atoms with Crippen LogP contribution in [0.4, 0.5) is 0 Å². The molecule has 114 valence electrons. The van der Waals surface area contributed by atoms with E-state index in [4.69, 9.17) is 10.00 Å². The molecule has 0 amide bonds. The molecule has 0 bridgehead atoms. The Morgan fingerprint density at radius 3 is 2.48 bits per heavy atom. The lowest BCUT2D eigenvalue weighted by molar-refractivity contribution is 0.0622. The minimum Gasteiger partial charge on any atom is -0.363 e. The van der Waals surface area contributed by atoms with Crippen LogP contribution in [0.15, 0.2) is 67.1 Å². The van der Waals surface area contributed by atoms with Gasteiger partial charge in [0.15, 0.2) is 0 Å². The maximum absolute atomic E-state index is 8.95. The summed E-state index contributed by atoms with van der Waals surface area (Å²) < 4.78 is 8.12. The van der Waals surface area contributed by atoms with E-state index in [0.717, 1.165) is 16.8 Å². The van der Waals surface area contributed by atoms with Crippen LogP contribution in [0.25, 0.3) is 0 Å². The molecule has 0 spiro atoms. The molecule has 23 heavy (non-hydrogen) atoms. The second-order valence-electron chi connectivity index (χ2n) is 5.34. The van der Waals surface area contributed by atoms with Gasteiger partial charge in [0.2, 0.25) is 0 Å². The summed E-state index contributed by atoms with van der Waals surface area (Å²) in [5.41, 5.74) is 3.74. The van der Waals surface area contributed by atoms with E-state index in [0.29, 0.717) is 12.2 Å². The summed E-state index contributed by atoms with van der Waals surface area (Å²) in [5, 5.41) is 8.95. The third-order valence-electron chi connectivity index (χ3n) is 3.72. The number of rotatable bonds is 5. The molecule has 0 saturated carbocycles. The molecule has 1 heterocycles. The standard InChI is InChI=1S/C19H17N3O/c1-22-14-21-12-18(22)19(17-9-7-15(11-20)8-10-17)23-13-16-5-3-2-4-6-16/h2-10,12,14,19H,13H2,1H3. The molecule has 0 aliphatic rings. The van der Waals surface area contributed by atoms with E-state index in [2.05, 4.69) is 11.1 Å². The number of nitriles is 1. The molecule has 0 saturated heterocycles. The van der Waals surface area contributed by atoms with Crippen LogP contribution in [0, 0.1) is 11.3 Å². The van der Waals surface area contributed by atoms with Gasteiger partial charge < -0.3 is 9.30 Å². The number of hydrogen-bond acceptors (Lipinski definition) is 3. The molecule has 3 rings (SSSR count). The number of imidazole rings is 1. The Balaban J connectivity index is 1.87. The first kappa shape index (κ1) is 15.0. The van der Waals surface area contributed by atoms with E-state index in [1.165, 1.54) is 0 Å². The molecule has 4 nitrogen and oxygen atoms in total. The summed E-state index contributed by atoms with van der Waals surface area (Å²) in [6.45, 7) is 0.511. The zero-order valence-electron chi connectivity index (χ0n) is 12.9. The van der Waals surface area contributed by atoms with Crippen LogP contribution in [-0.2, 0) is 18.4 Å². The summed E-state index contributed by atoms with van der Waals surface area (Å²) in [4.78, 5) is 4.19. The average molecular weight is 303 g/mol. The number of benzene rings is 2. The normalized spacial score (nSPS) is 11.8. The van der Waals surface area contributed by atoms with Crippen LogP contribution >= 0.6 is 0 Å². The zero-order chi connectivity index (χ0) is 16.1. The van der Waals surface area contributed by atoms with Gasteiger partial charge in [-0.2, -0.15) is 5.26 Å². The molecule has 1 aromatic heterocycles. The van der Waals surface area contributed by atoms with Crippen LogP contribution in [0.5, 0.6) is 0 Å². The fraction of sp³-hybridized carbons (Fsp3) is 0.158. The Hall–Kier alpha value is -2.90. The highest BCUT2D eigenvalue weighted by molar-refractivity contribution is 5.34. The summed E-state index contributed by atoms with van der Waals surface area (Å²) in [6, 6.07) is 19.7. The molecule has 0 fully saturated rings. The van der Waals surface area contributed by atoms with Crippen LogP contribution in [-0.4, -0.2) is 9.55 Å². The Bertz CT molecular complexity index is 801. The zero-order valence-corrected chi connectivity index (χ0v) is 12.9. The number of ether oxygens (including phenoxy) is 1. The van der Waals surface area contributed by atoms with Crippen molar-refractivity contribution in [3.05, 3.63) is 89.5 Å². The second-order valence-corrected chi connectivity index (χ2v) is 5.34. The third kappa shape index (κ3) is 3.47. The van der Waals surface area contributed by atoms with Crippen molar-refractivity contribution in [1.82, 2.24) is 9.55 Å². The molecule has 0 radical (unpaired) electrons. The quantitative estimate of drug-likeness (QED) is 0.723. The highest BCUT2D eigenvalue weighted by atomic mass is 16.5. The monoisotopic (exact) mass is 303 g/mol. The number of nitrogens with zero attached hydrogens (tertiary/aromatic N) is 3. The number of hydrogen-bond donors (Lipinski definition) is 0. The molecular weight excluding hydrogens is 286 g/mol. The Morgan fingerprint density at radius 2 is 1.87 bits per heavy atom. The lowest BCUT2D eigenvalue weighted by Gasteiger charge is -2.19. The van der Waals surface area contributed by atoms with Crippen molar-refractivity contribution in [1.29, 1.82) is 5.26 Å². The van der Waals surface area contributed by atoms with E-state index in [1.807, 2.05) is 72.4 Å². The van der Waals surface area contributed by atoms with Gasteiger partial charge >= 0.3 is 0 Å². The molecule has 0 aliphatic carbocycles. The van der Waals surface area contributed by atoms with Crippen molar-refractivity contribution in [2.75, 3.05) is 0 Å². The second kappa shape index (κ2) is 6.91. The summed E-state index contributed by atoms with van der Waals surface area (Å²) in [5.74, 6) is 0. The molecule has 1 atom stereocenters. The smallest absolute Gasteiger partial charge is 0.124 e. The summed E-state index contributed by atoms with van der Waals surface area (Å²) in [7, 11) is 1.95. The van der Waals surface area contributed by atoms with Crippen molar-refractivity contribution >= 4 is 0 Å². The molecule has 3 aromatic rings. The Kier molecular flexibility index (Phi) is 4.51. The van der Waals surface area contributed by atoms with Crippen LogP contribution in [0.1, 0.15) is 28.5 Å². The van der Waals surface area contributed by atoms with E-state index in [1.54, 1.807) is 6.33 Å². The topological polar surface area (TPSA) is 50.8 Å². The van der Waals surface area contributed by atoms with Gasteiger partial charge in [0, 0.05) is 7.05 Å². The van der Waals surface area contributed by atoms with Gasteiger partial charge in [0.25, 0.3) is 0 Å². The largest absolute Gasteiger partial charge is 0.363 e. The summed E-state index contributed by atoms with van der Waals surface area (Å²) >= 11 is 0. The predicted molar refractivity (Wildman–Crippen MR) is 87.4 cm³/mol. The van der Waals surface area contributed by atoms with Gasteiger partial charge in [-0.3, -0.25) is 0 Å². The number of aryl methyl sites for hydroxylation is 1. The van der Waals surface area contributed by atoms with Gasteiger partial charge in [-0.15, -0.1) is 0 Å². The van der Waals surface area contributed by atoms with Crippen molar-refractivity contribution in [3.63, 3.8) is 0 Å². The molecule has 1 unspecified atom stereocenters. The molecular formula is C19H17N3O. The lowest BCUT2D eigenvalue weighted by Crippen LogP contribution is -2.10. The van der Waals surface area contributed by atoms with E-state index >= 15 is 0 Å². The van der Waals surface area contributed by atoms with Crippen LogP contribution in [0.2, 0.25) is 0 Å². The Labute approximate surface area is 135 Å². The maximum Gasteiger partial charge on any atom is 0.124 e. The molecule has 0 N–H and O–H groups in total. The van der Waals surface area contributed by atoms with Crippen molar-refractivity contribution in [2.45, 2.75) is 12.7 Å². The predicted octanol–water partition coefficient (Wildman–Crippen LogP) is 3.60. The lowest BCUT2D eigenvalue weighted by atomic mass is 10.0. The highest BCUT2D eigenvalue weighted by Crippen LogP contribution is 2.27. The van der Waals surface area contributed by atoms with Crippen molar-refractivity contribution in [2.24, 2.45) is 7.05 Å². The Morgan fingerprint density at radius 1 is 1.13 bits per heavy atom. The van der Waals surface area contributed by atoms with Gasteiger partial charge in [-0.05, 0) is 23.3 Å². The highest BCUT2D eigenvalue weighted by Gasteiger charge is 2.18. The fourth-order valence-corrected chi connectivity index (χ4v) is 2.46. The minimum absolute atomic E-state index is 0.226. The van der Waals surface area contributed by atoms with Gasteiger partial charge in [-0.25, -0.2) is 4.98 Å². The average Bonchev–Trinajstić information content (AvgIpc) is 3.02. The van der Waals surface area contributed by atoms with Gasteiger partial charge in [0.05, 0.1) is 36.5 Å².